The second kappa shape index (κ2) is 7.55. The van der Waals surface area contributed by atoms with Crippen LogP contribution in [0.3, 0.4) is 0 Å². The van der Waals surface area contributed by atoms with Gasteiger partial charge in [0.2, 0.25) is 5.91 Å². The zero-order valence-electron chi connectivity index (χ0n) is 14.9. The summed E-state index contributed by atoms with van der Waals surface area (Å²) in [5.41, 5.74) is 0.477. The van der Waals surface area contributed by atoms with Gasteiger partial charge in [-0.2, -0.15) is 0 Å². The summed E-state index contributed by atoms with van der Waals surface area (Å²) in [6, 6.07) is 7.65. The topological polar surface area (TPSA) is 59.1 Å². The monoisotopic (exact) mass is 334 g/mol. The molecule has 2 amide bonds. The van der Waals surface area contributed by atoms with E-state index in [1.165, 1.54) is 4.90 Å². The average Bonchev–Trinajstić information content (AvgIpc) is 2.69. The van der Waals surface area contributed by atoms with Gasteiger partial charge in [-0.05, 0) is 44.9 Å². The summed E-state index contributed by atoms with van der Waals surface area (Å²) >= 11 is 0. The molecule has 6 heteroatoms. The van der Waals surface area contributed by atoms with Crippen LogP contribution in [0.4, 0.5) is 4.79 Å². The predicted octanol–water partition coefficient (Wildman–Crippen LogP) is 2.66. The van der Waals surface area contributed by atoms with E-state index in [-0.39, 0.29) is 12.5 Å². The minimum atomic E-state index is -0.560. The first-order valence-corrected chi connectivity index (χ1v) is 8.17. The Morgan fingerprint density at radius 3 is 2.42 bits per heavy atom. The highest BCUT2D eigenvalue weighted by Crippen LogP contribution is 2.16. The average molecular weight is 334 g/mol. The van der Waals surface area contributed by atoms with Gasteiger partial charge < -0.3 is 14.4 Å². The van der Waals surface area contributed by atoms with Crippen molar-refractivity contribution in [3.8, 4) is 5.75 Å². The molecule has 0 atom stereocenters. The van der Waals surface area contributed by atoms with Gasteiger partial charge in [-0.15, -0.1) is 0 Å². The third-order valence-corrected chi connectivity index (χ3v) is 3.72. The van der Waals surface area contributed by atoms with Gasteiger partial charge in [0.15, 0.2) is 0 Å². The lowest BCUT2D eigenvalue weighted by Crippen LogP contribution is -2.41. The minimum Gasteiger partial charge on any atom is -0.497 e. The summed E-state index contributed by atoms with van der Waals surface area (Å²) in [7, 11) is 1.62. The Morgan fingerprint density at radius 1 is 1.17 bits per heavy atom. The first-order chi connectivity index (χ1) is 11.3. The van der Waals surface area contributed by atoms with Crippen molar-refractivity contribution in [3.05, 3.63) is 29.8 Å². The Balaban J connectivity index is 1.97. The number of hydrogen-bond acceptors (Lipinski definition) is 4. The standard InChI is InChI=1S/C18H26N2O4/c1-18(2,3)24-17(22)20-11-5-10-19(16(21)13-20)12-14-6-8-15(23-4)9-7-14/h6-9H,5,10-13H2,1-4H3. The molecule has 0 spiro atoms. The van der Waals surface area contributed by atoms with Gasteiger partial charge in [0.05, 0.1) is 7.11 Å². The Labute approximate surface area is 143 Å². The van der Waals surface area contributed by atoms with E-state index in [2.05, 4.69) is 0 Å². The minimum absolute atomic E-state index is 0.0606. The van der Waals surface area contributed by atoms with E-state index < -0.39 is 11.7 Å². The third-order valence-electron chi connectivity index (χ3n) is 3.72. The first kappa shape index (κ1) is 18.1. The predicted molar refractivity (Wildman–Crippen MR) is 90.8 cm³/mol. The van der Waals surface area contributed by atoms with Crippen LogP contribution in [-0.2, 0) is 16.1 Å². The Hall–Kier alpha value is -2.24. The van der Waals surface area contributed by atoms with Crippen LogP contribution in [-0.4, -0.2) is 54.1 Å². The maximum Gasteiger partial charge on any atom is 0.410 e. The summed E-state index contributed by atoms with van der Waals surface area (Å²) < 4.78 is 10.5. The molecule has 0 saturated carbocycles. The SMILES string of the molecule is COc1ccc(CN2CCCN(C(=O)OC(C)(C)C)CC2=O)cc1. The Bertz CT molecular complexity index is 578. The van der Waals surface area contributed by atoms with E-state index >= 15 is 0 Å². The molecule has 132 valence electrons. The smallest absolute Gasteiger partial charge is 0.410 e. The molecule has 0 N–H and O–H groups in total. The molecule has 1 fully saturated rings. The number of ether oxygens (including phenoxy) is 2. The lowest BCUT2D eigenvalue weighted by atomic mass is 10.2. The van der Waals surface area contributed by atoms with Gasteiger partial charge in [0, 0.05) is 19.6 Å². The largest absolute Gasteiger partial charge is 0.497 e. The van der Waals surface area contributed by atoms with E-state index in [9.17, 15) is 9.59 Å². The van der Waals surface area contributed by atoms with Gasteiger partial charge in [-0.25, -0.2) is 4.79 Å². The van der Waals surface area contributed by atoms with E-state index in [1.807, 2.05) is 45.0 Å². The summed E-state index contributed by atoms with van der Waals surface area (Å²) in [6.45, 7) is 7.21. The van der Waals surface area contributed by atoms with Crippen molar-refractivity contribution < 1.29 is 19.1 Å². The van der Waals surface area contributed by atoms with Crippen molar-refractivity contribution >= 4 is 12.0 Å². The molecule has 0 unspecified atom stereocenters. The second-order valence-corrected chi connectivity index (χ2v) is 6.92. The van der Waals surface area contributed by atoms with Gasteiger partial charge >= 0.3 is 6.09 Å². The number of hydrogen-bond donors (Lipinski definition) is 0. The van der Waals surface area contributed by atoms with Crippen LogP contribution < -0.4 is 4.74 Å². The maximum absolute atomic E-state index is 12.5. The molecule has 2 rings (SSSR count). The van der Waals surface area contributed by atoms with Crippen LogP contribution in [0, 0.1) is 0 Å². The molecule has 1 aromatic carbocycles. The molecular formula is C18H26N2O4. The maximum atomic E-state index is 12.5. The molecule has 1 aliphatic heterocycles. The number of amides is 2. The van der Waals surface area contributed by atoms with E-state index in [0.717, 1.165) is 17.7 Å². The number of carbonyl (C=O) groups excluding carboxylic acids is 2. The third kappa shape index (κ3) is 5.15. The van der Waals surface area contributed by atoms with Gasteiger partial charge in [-0.1, -0.05) is 12.1 Å². The lowest BCUT2D eigenvalue weighted by molar-refractivity contribution is -0.131. The van der Waals surface area contributed by atoms with Crippen molar-refractivity contribution in [2.75, 3.05) is 26.7 Å². The van der Waals surface area contributed by atoms with Gasteiger partial charge in [-0.3, -0.25) is 9.69 Å². The van der Waals surface area contributed by atoms with Crippen LogP contribution >= 0.6 is 0 Å². The van der Waals surface area contributed by atoms with Crippen molar-refractivity contribution in [1.29, 1.82) is 0 Å². The number of methoxy groups -OCH3 is 1. The number of benzene rings is 1. The molecule has 0 aromatic heterocycles. The van der Waals surface area contributed by atoms with E-state index in [0.29, 0.717) is 19.6 Å². The van der Waals surface area contributed by atoms with Crippen LogP contribution in [0.25, 0.3) is 0 Å². The molecule has 1 aliphatic rings. The zero-order valence-corrected chi connectivity index (χ0v) is 14.9. The van der Waals surface area contributed by atoms with E-state index in [1.54, 1.807) is 12.0 Å². The highest BCUT2D eigenvalue weighted by molar-refractivity contribution is 5.82. The molecule has 1 aromatic rings. The lowest BCUT2D eigenvalue weighted by Gasteiger charge is -2.26. The summed E-state index contributed by atoms with van der Waals surface area (Å²) in [5.74, 6) is 0.728. The quantitative estimate of drug-likeness (QED) is 0.853. The molecule has 1 heterocycles. The van der Waals surface area contributed by atoms with Crippen LogP contribution in [0.1, 0.15) is 32.8 Å². The fourth-order valence-electron chi connectivity index (χ4n) is 2.52. The fourth-order valence-corrected chi connectivity index (χ4v) is 2.52. The molecule has 24 heavy (non-hydrogen) atoms. The number of nitrogens with zero attached hydrogens (tertiary/aromatic N) is 2. The van der Waals surface area contributed by atoms with Crippen LogP contribution in [0.5, 0.6) is 5.75 Å². The summed E-state index contributed by atoms with van der Waals surface area (Å²) in [6.07, 6.45) is 0.309. The Kier molecular flexibility index (Phi) is 5.70. The number of carbonyl (C=O) groups is 2. The summed E-state index contributed by atoms with van der Waals surface area (Å²) in [4.78, 5) is 27.9. The van der Waals surface area contributed by atoms with Gasteiger partial charge in [0.1, 0.15) is 17.9 Å². The molecule has 1 saturated heterocycles. The normalized spacial score (nSPS) is 15.9. The van der Waals surface area contributed by atoms with Crippen molar-refractivity contribution in [2.45, 2.75) is 39.3 Å². The summed E-state index contributed by atoms with van der Waals surface area (Å²) in [5, 5.41) is 0. The molecular weight excluding hydrogens is 308 g/mol. The van der Waals surface area contributed by atoms with Crippen molar-refractivity contribution in [1.82, 2.24) is 9.80 Å². The Morgan fingerprint density at radius 2 is 1.83 bits per heavy atom. The van der Waals surface area contributed by atoms with E-state index in [4.69, 9.17) is 9.47 Å². The van der Waals surface area contributed by atoms with Gasteiger partial charge in [0.25, 0.3) is 0 Å². The second-order valence-electron chi connectivity index (χ2n) is 6.92. The van der Waals surface area contributed by atoms with Crippen molar-refractivity contribution in [3.63, 3.8) is 0 Å². The van der Waals surface area contributed by atoms with Crippen LogP contribution in [0.2, 0.25) is 0 Å². The molecule has 6 nitrogen and oxygen atoms in total. The first-order valence-electron chi connectivity index (χ1n) is 8.17. The number of rotatable bonds is 3. The van der Waals surface area contributed by atoms with Crippen molar-refractivity contribution in [2.24, 2.45) is 0 Å². The fraction of sp³-hybridized carbons (Fsp3) is 0.556. The van der Waals surface area contributed by atoms with Crippen LogP contribution in [0.15, 0.2) is 24.3 Å². The highest BCUT2D eigenvalue weighted by atomic mass is 16.6. The highest BCUT2D eigenvalue weighted by Gasteiger charge is 2.28. The molecule has 0 aliphatic carbocycles. The zero-order chi connectivity index (χ0) is 17.7. The molecule has 0 bridgehead atoms. The molecule has 0 radical (unpaired) electrons.